The van der Waals surface area contributed by atoms with E-state index in [-0.39, 0.29) is 6.79 Å². The van der Waals surface area contributed by atoms with Crippen LogP contribution < -0.4 is 9.47 Å². The second-order valence-electron chi connectivity index (χ2n) is 2.69. The van der Waals surface area contributed by atoms with Crippen molar-refractivity contribution >= 4 is 11.0 Å². The normalized spacial score (nSPS) is 13.5. The molecular formula is C9H5N2O2. The highest BCUT2D eigenvalue weighted by atomic mass is 16.7. The van der Waals surface area contributed by atoms with E-state index >= 15 is 0 Å². The van der Waals surface area contributed by atoms with Crippen LogP contribution in [0.15, 0.2) is 18.3 Å². The predicted molar refractivity (Wildman–Crippen MR) is 44.5 cm³/mol. The lowest BCUT2D eigenvalue weighted by Crippen LogP contribution is -1.92. The van der Waals surface area contributed by atoms with Crippen LogP contribution in [0.1, 0.15) is 0 Å². The SMILES string of the molecule is [c]1cnc2cc3c(cc2n1)OCO3. The molecular weight excluding hydrogens is 168 g/mol. The summed E-state index contributed by atoms with van der Waals surface area (Å²) in [6, 6.07) is 3.62. The first kappa shape index (κ1) is 6.65. The summed E-state index contributed by atoms with van der Waals surface area (Å²) in [6.45, 7) is 0.273. The monoisotopic (exact) mass is 173 g/mol. The van der Waals surface area contributed by atoms with Crippen LogP contribution in [0, 0.1) is 6.20 Å². The molecule has 0 amide bonds. The lowest BCUT2D eigenvalue weighted by atomic mass is 10.2. The van der Waals surface area contributed by atoms with Gasteiger partial charge < -0.3 is 9.47 Å². The molecule has 4 nitrogen and oxygen atoms in total. The predicted octanol–water partition coefficient (Wildman–Crippen LogP) is 1.16. The molecule has 2 heterocycles. The average molecular weight is 173 g/mol. The second-order valence-corrected chi connectivity index (χ2v) is 2.69. The van der Waals surface area contributed by atoms with E-state index in [1.165, 1.54) is 6.20 Å². The summed E-state index contributed by atoms with van der Waals surface area (Å²) in [5, 5.41) is 0. The summed E-state index contributed by atoms with van der Waals surface area (Å²) in [7, 11) is 0. The first-order valence-electron chi connectivity index (χ1n) is 3.86. The lowest BCUT2D eigenvalue weighted by Gasteiger charge is -1.97. The van der Waals surface area contributed by atoms with Gasteiger partial charge in [-0.3, -0.25) is 4.98 Å². The lowest BCUT2D eigenvalue weighted by molar-refractivity contribution is 0.174. The fraction of sp³-hybridized carbons (Fsp3) is 0.111. The van der Waals surface area contributed by atoms with Crippen molar-refractivity contribution in [3.05, 3.63) is 24.5 Å². The van der Waals surface area contributed by atoms with Gasteiger partial charge in [-0.25, -0.2) is 4.98 Å². The molecule has 1 radical (unpaired) electrons. The van der Waals surface area contributed by atoms with Gasteiger partial charge in [0, 0.05) is 12.1 Å². The summed E-state index contributed by atoms with van der Waals surface area (Å²) in [4.78, 5) is 8.14. The van der Waals surface area contributed by atoms with Crippen molar-refractivity contribution in [2.45, 2.75) is 0 Å². The van der Waals surface area contributed by atoms with E-state index < -0.39 is 0 Å². The number of ether oxygens (including phenoxy) is 2. The molecule has 0 spiro atoms. The molecule has 4 heteroatoms. The van der Waals surface area contributed by atoms with Gasteiger partial charge in [0.15, 0.2) is 11.5 Å². The van der Waals surface area contributed by atoms with Crippen molar-refractivity contribution in [2.75, 3.05) is 6.79 Å². The standard InChI is InChI=1S/C9H5N2O2/c1-2-11-7-4-9-8(12-5-13-9)3-6(7)10-1/h1,3-4H,5H2. The van der Waals surface area contributed by atoms with Crippen LogP contribution in [0.2, 0.25) is 0 Å². The molecule has 0 unspecified atom stereocenters. The Morgan fingerprint density at radius 3 is 2.77 bits per heavy atom. The van der Waals surface area contributed by atoms with Gasteiger partial charge in [-0.2, -0.15) is 0 Å². The van der Waals surface area contributed by atoms with Crippen molar-refractivity contribution < 1.29 is 9.47 Å². The molecule has 2 aromatic rings. The Morgan fingerprint density at radius 1 is 1.15 bits per heavy atom. The quantitative estimate of drug-likeness (QED) is 0.599. The molecule has 0 N–H and O–H groups in total. The van der Waals surface area contributed by atoms with Gasteiger partial charge in [-0.1, -0.05) is 0 Å². The summed E-state index contributed by atoms with van der Waals surface area (Å²) in [6.07, 6.45) is 4.20. The smallest absolute Gasteiger partial charge is 0.231 e. The fourth-order valence-electron chi connectivity index (χ4n) is 1.31. The highest BCUT2D eigenvalue weighted by Crippen LogP contribution is 2.34. The second kappa shape index (κ2) is 2.32. The van der Waals surface area contributed by atoms with Crippen LogP contribution >= 0.6 is 0 Å². The first-order valence-corrected chi connectivity index (χ1v) is 3.86. The molecule has 0 saturated heterocycles. The van der Waals surface area contributed by atoms with Crippen LogP contribution in [-0.2, 0) is 0 Å². The average Bonchev–Trinajstić information content (AvgIpc) is 2.61. The van der Waals surface area contributed by atoms with E-state index in [4.69, 9.17) is 9.47 Å². The molecule has 0 fully saturated rings. The fourth-order valence-corrected chi connectivity index (χ4v) is 1.31. The summed E-state index contributed by atoms with van der Waals surface area (Å²) in [5.41, 5.74) is 1.56. The Kier molecular flexibility index (Phi) is 1.19. The third-order valence-corrected chi connectivity index (χ3v) is 1.92. The van der Waals surface area contributed by atoms with Crippen LogP contribution in [0.25, 0.3) is 11.0 Å². The largest absolute Gasteiger partial charge is 0.454 e. The van der Waals surface area contributed by atoms with Gasteiger partial charge >= 0.3 is 0 Å². The molecule has 0 bridgehead atoms. The van der Waals surface area contributed by atoms with E-state index in [1.807, 2.05) is 6.07 Å². The van der Waals surface area contributed by atoms with Crippen LogP contribution in [-0.4, -0.2) is 16.8 Å². The first-order chi connectivity index (χ1) is 6.43. The van der Waals surface area contributed by atoms with E-state index in [0.717, 1.165) is 22.5 Å². The Labute approximate surface area is 74.1 Å². The minimum Gasteiger partial charge on any atom is -0.454 e. The van der Waals surface area contributed by atoms with Crippen molar-refractivity contribution in [1.82, 2.24) is 9.97 Å². The van der Waals surface area contributed by atoms with Gasteiger partial charge in [0.05, 0.1) is 17.2 Å². The maximum Gasteiger partial charge on any atom is 0.231 e. The molecule has 63 valence electrons. The van der Waals surface area contributed by atoms with Gasteiger partial charge in [0.2, 0.25) is 6.79 Å². The van der Waals surface area contributed by atoms with Gasteiger partial charge in [-0.05, 0) is 0 Å². The van der Waals surface area contributed by atoms with E-state index in [0.29, 0.717) is 0 Å². The third kappa shape index (κ3) is 0.917. The molecule has 1 aromatic carbocycles. The molecule has 1 aliphatic rings. The van der Waals surface area contributed by atoms with Crippen LogP contribution in [0.5, 0.6) is 11.5 Å². The van der Waals surface area contributed by atoms with Gasteiger partial charge in [0.1, 0.15) is 6.20 Å². The van der Waals surface area contributed by atoms with E-state index in [1.54, 1.807) is 6.07 Å². The van der Waals surface area contributed by atoms with Crippen molar-refractivity contribution in [3.63, 3.8) is 0 Å². The number of hydrogen-bond acceptors (Lipinski definition) is 4. The zero-order valence-corrected chi connectivity index (χ0v) is 6.65. The molecule has 3 rings (SSSR count). The maximum absolute atomic E-state index is 5.21. The Morgan fingerprint density at radius 2 is 1.92 bits per heavy atom. The summed E-state index contributed by atoms with van der Waals surface area (Å²) < 4.78 is 10.4. The number of fused-ring (bicyclic) bond motifs is 2. The van der Waals surface area contributed by atoms with E-state index in [2.05, 4.69) is 16.2 Å². The summed E-state index contributed by atoms with van der Waals surface area (Å²) in [5.74, 6) is 1.45. The van der Waals surface area contributed by atoms with E-state index in [9.17, 15) is 0 Å². The number of hydrogen-bond donors (Lipinski definition) is 0. The third-order valence-electron chi connectivity index (χ3n) is 1.92. The Balaban J connectivity index is 2.36. The topological polar surface area (TPSA) is 44.2 Å². The van der Waals surface area contributed by atoms with Crippen molar-refractivity contribution in [3.8, 4) is 11.5 Å². The number of rotatable bonds is 0. The number of nitrogens with zero attached hydrogens (tertiary/aromatic N) is 2. The maximum atomic E-state index is 5.21. The zero-order chi connectivity index (χ0) is 8.67. The van der Waals surface area contributed by atoms with Crippen LogP contribution in [0.3, 0.4) is 0 Å². The highest BCUT2D eigenvalue weighted by Gasteiger charge is 2.14. The Hall–Kier alpha value is -1.84. The van der Waals surface area contributed by atoms with Crippen molar-refractivity contribution in [2.24, 2.45) is 0 Å². The Bertz CT molecular complexity index is 428. The molecule has 0 saturated carbocycles. The van der Waals surface area contributed by atoms with Crippen LogP contribution in [0.4, 0.5) is 0 Å². The molecule has 13 heavy (non-hydrogen) atoms. The highest BCUT2D eigenvalue weighted by molar-refractivity contribution is 5.78. The molecule has 0 atom stereocenters. The van der Waals surface area contributed by atoms with Crippen molar-refractivity contribution in [1.29, 1.82) is 0 Å². The van der Waals surface area contributed by atoms with Gasteiger partial charge in [0.25, 0.3) is 0 Å². The minimum absolute atomic E-state index is 0.273. The number of aromatic nitrogens is 2. The molecule has 1 aromatic heterocycles. The number of benzene rings is 1. The minimum atomic E-state index is 0.273. The molecule has 0 aliphatic carbocycles. The molecule has 1 aliphatic heterocycles. The van der Waals surface area contributed by atoms with Gasteiger partial charge in [-0.15, -0.1) is 0 Å². The zero-order valence-electron chi connectivity index (χ0n) is 6.65. The summed E-state index contributed by atoms with van der Waals surface area (Å²) >= 11 is 0.